The van der Waals surface area contributed by atoms with Gasteiger partial charge < -0.3 is 10.2 Å². The molecule has 4 atom stereocenters. The van der Waals surface area contributed by atoms with Gasteiger partial charge in [-0.25, -0.2) is 0 Å². The molecule has 0 aromatic rings. The second-order valence-corrected chi connectivity index (χ2v) is 7.58. The number of carbonyl (C=O) groups is 1. The van der Waals surface area contributed by atoms with E-state index >= 15 is 0 Å². The zero-order valence-corrected chi connectivity index (χ0v) is 11.4. The molecule has 3 heteroatoms. The van der Waals surface area contributed by atoms with Crippen molar-refractivity contribution in [3.63, 3.8) is 0 Å². The Morgan fingerprint density at radius 2 is 1.94 bits per heavy atom. The molecule has 0 radical (unpaired) electrons. The van der Waals surface area contributed by atoms with Crippen molar-refractivity contribution < 1.29 is 15.0 Å². The Labute approximate surface area is 108 Å². The third-order valence-corrected chi connectivity index (χ3v) is 5.85. The summed E-state index contributed by atoms with van der Waals surface area (Å²) in [7, 11) is 0. The van der Waals surface area contributed by atoms with E-state index < -0.39 is 11.2 Å². The predicted molar refractivity (Wildman–Crippen MR) is 67.9 cm³/mol. The lowest BCUT2D eigenvalue weighted by molar-refractivity contribution is -0.199. The third-order valence-electron chi connectivity index (χ3n) is 5.85. The number of aldehydes is 1. The largest absolute Gasteiger partial charge is 0.385 e. The highest BCUT2D eigenvalue weighted by Crippen LogP contribution is 2.68. The van der Waals surface area contributed by atoms with Gasteiger partial charge in [-0.2, -0.15) is 0 Å². The quantitative estimate of drug-likeness (QED) is 0.698. The maximum Gasteiger partial charge on any atom is 0.148 e. The van der Waals surface area contributed by atoms with Gasteiger partial charge in [0.05, 0.1) is 11.2 Å². The van der Waals surface area contributed by atoms with Crippen LogP contribution >= 0.6 is 0 Å². The molecule has 0 aliphatic heterocycles. The van der Waals surface area contributed by atoms with E-state index in [1.165, 1.54) is 0 Å². The fourth-order valence-electron chi connectivity index (χ4n) is 4.83. The topological polar surface area (TPSA) is 57.5 Å². The van der Waals surface area contributed by atoms with E-state index in [0.29, 0.717) is 18.4 Å². The Kier molecular flexibility index (Phi) is 2.11. The summed E-state index contributed by atoms with van der Waals surface area (Å²) in [6.45, 7) is 6.33. The lowest BCUT2D eigenvalue weighted by atomic mass is 9.45. The Hall–Kier alpha value is -0.670. The van der Waals surface area contributed by atoms with Crippen LogP contribution in [0.3, 0.4) is 0 Å². The maximum absolute atomic E-state index is 11.2. The minimum Gasteiger partial charge on any atom is -0.385 e. The number of hydrogen-bond acceptors (Lipinski definition) is 3. The lowest BCUT2D eigenvalue weighted by Crippen LogP contribution is -2.66. The van der Waals surface area contributed by atoms with Crippen LogP contribution in [-0.2, 0) is 4.79 Å². The highest BCUT2D eigenvalue weighted by molar-refractivity contribution is 5.79. The molecule has 3 nitrogen and oxygen atoms in total. The van der Waals surface area contributed by atoms with Gasteiger partial charge in [0.2, 0.25) is 0 Å². The Bertz CT molecular complexity index is 453. The van der Waals surface area contributed by atoms with Crippen LogP contribution < -0.4 is 0 Å². The molecule has 2 N–H and O–H groups in total. The number of aliphatic hydroxyl groups is 2. The normalized spacial score (nSPS) is 52.9. The molecule has 0 aromatic heterocycles. The van der Waals surface area contributed by atoms with Crippen LogP contribution in [0.4, 0.5) is 0 Å². The summed E-state index contributed by atoms with van der Waals surface area (Å²) in [6, 6.07) is 0. The van der Waals surface area contributed by atoms with Crippen LogP contribution in [0.2, 0.25) is 0 Å². The van der Waals surface area contributed by atoms with E-state index in [9.17, 15) is 15.0 Å². The molecule has 18 heavy (non-hydrogen) atoms. The molecule has 0 saturated heterocycles. The van der Waals surface area contributed by atoms with Crippen LogP contribution in [0, 0.1) is 16.7 Å². The molecule has 3 aliphatic rings. The molecule has 0 heterocycles. The first-order valence-corrected chi connectivity index (χ1v) is 6.80. The molecule has 0 unspecified atom stereocenters. The van der Waals surface area contributed by atoms with Gasteiger partial charge in [0.25, 0.3) is 0 Å². The molecule has 3 rings (SSSR count). The van der Waals surface area contributed by atoms with E-state index in [-0.39, 0.29) is 16.7 Å². The van der Waals surface area contributed by atoms with Crippen molar-refractivity contribution in [2.45, 2.75) is 57.7 Å². The van der Waals surface area contributed by atoms with Crippen molar-refractivity contribution in [3.8, 4) is 0 Å². The van der Waals surface area contributed by atoms with Crippen LogP contribution in [0.15, 0.2) is 11.6 Å². The van der Waals surface area contributed by atoms with Gasteiger partial charge >= 0.3 is 0 Å². The molecular formula is C15H22O3. The first-order valence-electron chi connectivity index (χ1n) is 6.80. The number of carbonyl (C=O) groups excluding carboxylic acids is 1. The summed E-state index contributed by atoms with van der Waals surface area (Å²) in [4.78, 5) is 11.2. The molecule has 2 fully saturated rings. The molecule has 100 valence electrons. The Morgan fingerprint density at radius 3 is 2.44 bits per heavy atom. The van der Waals surface area contributed by atoms with Crippen molar-refractivity contribution >= 4 is 6.29 Å². The molecule has 0 amide bonds. The minimum atomic E-state index is -1.01. The van der Waals surface area contributed by atoms with E-state index in [1.54, 1.807) is 6.08 Å². The van der Waals surface area contributed by atoms with Gasteiger partial charge in [-0.15, -0.1) is 0 Å². The van der Waals surface area contributed by atoms with E-state index in [2.05, 4.69) is 13.8 Å². The summed E-state index contributed by atoms with van der Waals surface area (Å²) in [6.07, 6.45) is 5.49. The van der Waals surface area contributed by atoms with Gasteiger partial charge in [-0.1, -0.05) is 20.8 Å². The van der Waals surface area contributed by atoms with Gasteiger partial charge in [0.1, 0.15) is 6.29 Å². The van der Waals surface area contributed by atoms with Crippen molar-refractivity contribution in [1.82, 2.24) is 0 Å². The standard InChI is InChI=1S/C15H22O3/c1-12(2)7-11-13(3)4-5-15(13,18)10(8-16)6-14(11,17)9-12/h6,8,11,17-18H,4-5,7,9H2,1-3H3/t11-,13-,14+,15-/m1/s1. The number of hydrogen-bond donors (Lipinski definition) is 2. The van der Waals surface area contributed by atoms with Gasteiger partial charge in [-0.05, 0) is 37.2 Å². The average molecular weight is 250 g/mol. The molecule has 0 bridgehead atoms. The first kappa shape index (κ1) is 12.4. The highest BCUT2D eigenvalue weighted by Gasteiger charge is 2.70. The van der Waals surface area contributed by atoms with Gasteiger partial charge in [-0.3, -0.25) is 4.79 Å². The van der Waals surface area contributed by atoms with Gasteiger partial charge in [0, 0.05) is 16.9 Å². The fraction of sp³-hybridized carbons (Fsp3) is 0.800. The molecule has 3 aliphatic carbocycles. The molecule has 2 saturated carbocycles. The summed E-state index contributed by atoms with van der Waals surface area (Å²) in [5.41, 5.74) is -1.81. The highest BCUT2D eigenvalue weighted by atomic mass is 16.3. The lowest BCUT2D eigenvalue weighted by Gasteiger charge is -2.63. The SMILES string of the molecule is CC1(C)C[C@H]2[C@](O)(C=C(C=O)[C@]3(O)CC[C@]23C)C1. The Balaban J connectivity index is 2.15. The average Bonchev–Trinajstić information content (AvgIpc) is 2.52. The van der Waals surface area contributed by atoms with E-state index in [4.69, 9.17) is 0 Å². The summed E-state index contributed by atoms with van der Waals surface area (Å²) < 4.78 is 0. The number of fused-ring (bicyclic) bond motifs is 3. The van der Waals surface area contributed by atoms with Crippen LogP contribution in [0.5, 0.6) is 0 Å². The Morgan fingerprint density at radius 1 is 1.28 bits per heavy atom. The molecular weight excluding hydrogens is 228 g/mol. The summed E-state index contributed by atoms with van der Waals surface area (Å²) in [5, 5.41) is 21.7. The maximum atomic E-state index is 11.2. The smallest absolute Gasteiger partial charge is 0.148 e. The number of rotatable bonds is 1. The minimum absolute atomic E-state index is 0.0578. The zero-order chi connectivity index (χ0) is 13.4. The summed E-state index contributed by atoms with van der Waals surface area (Å²) in [5.74, 6) is 0.0578. The van der Waals surface area contributed by atoms with Crippen molar-refractivity contribution in [2.24, 2.45) is 16.7 Å². The zero-order valence-electron chi connectivity index (χ0n) is 11.4. The second-order valence-electron chi connectivity index (χ2n) is 7.58. The fourth-order valence-corrected chi connectivity index (χ4v) is 4.83. The van der Waals surface area contributed by atoms with Crippen LogP contribution in [0.1, 0.15) is 46.5 Å². The second kappa shape index (κ2) is 3.07. The van der Waals surface area contributed by atoms with E-state index in [1.807, 2.05) is 6.92 Å². The first-order chi connectivity index (χ1) is 8.17. The van der Waals surface area contributed by atoms with Gasteiger partial charge in [0.15, 0.2) is 0 Å². The molecule has 0 spiro atoms. The van der Waals surface area contributed by atoms with E-state index in [0.717, 1.165) is 19.1 Å². The predicted octanol–water partition coefficient (Wildman–Crippen LogP) is 1.82. The van der Waals surface area contributed by atoms with Crippen LogP contribution in [-0.4, -0.2) is 27.7 Å². The van der Waals surface area contributed by atoms with Crippen molar-refractivity contribution in [2.75, 3.05) is 0 Å². The third kappa shape index (κ3) is 1.19. The molecule has 0 aromatic carbocycles. The van der Waals surface area contributed by atoms with Crippen molar-refractivity contribution in [1.29, 1.82) is 0 Å². The monoisotopic (exact) mass is 250 g/mol. The summed E-state index contributed by atoms with van der Waals surface area (Å²) >= 11 is 0. The van der Waals surface area contributed by atoms with Crippen LogP contribution in [0.25, 0.3) is 0 Å². The van der Waals surface area contributed by atoms with Crippen molar-refractivity contribution in [3.05, 3.63) is 11.6 Å².